The molecule has 2 N–H and O–H groups in total. The molecule has 1 unspecified atom stereocenters. The van der Waals surface area contributed by atoms with Gasteiger partial charge in [0.1, 0.15) is 5.75 Å². The van der Waals surface area contributed by atoms with Crippen molar-refractivity contribution in [2.24, 2.45) is 5.73 Å². The number of nitrogens with two attached hydrogens (primary N) is 1. The zero-order valence-electron chi connectivity index (χ0n) is 11.6. The standard InChI is InChI=1S/C16H18ClNOS/c1-11-3-6-13(7-4-11)20-10-15(18)14-9-12(17)5-8-16(14)19-2/h3-9,15H,10,18H2,1-2H3. The fourth-order valence-electron chi connectivity index (χ4n) is 1.91. The van der Waals surface area contributed by atoms with Crippen LogP contribution in [0.3, 0.4) is 0 Å². The molecule has 0 aliphatic rings. The summed E-state index contributed by atoms with van der Waals surface area (Å²) in [5.74, 6) is 1.56. The van der Waals surface area contributed by atoms with Crippen molar-refractivity contribution in [2.45, 2.75) is 17.9 Å². The highest BCUT2D eigenvalue weighted by Gasteiger charge is 2.13. The van der Waals surface area contributed by atoms with Crippen LogP contribution < -0.4 is 10.5 Å². The summed E-state index contributed by atoms with van der Waals surface area (Å²) in [5.41, 5.74) is 8.46. The van der Waals surface area contributed by atoms with Gasteiger partial charge in [-0.1, -0.05) is 29.3 Å². The highest BCUT2D eigenvalue weighted by atomic mass is 35.5. The van der Waals surface area contributed by atoms with Crippen LogP contribution in [0.4, 0.5) is 0 Å². The minimum absolute atomic E-state index is 0.116. The fourth-order valence-corrected chi connectivity index (χ4v) is 2.97. The molecule has 4 heteroatoms. The van der Waals surface area contributed by atoms with Crippen LogP contribution in [0.1, 0.15) is 17.2 Å². The molecule has 0 heterocycles. The van der Waals surface area contributed by atoms with E-state index < -0.39 is 0 Å². The van der Waals surface area contributed by atoms with Gasteiger partial charge < -0.3 is 10.5 Å². The van der Waals surface area contributed by atoms with Crippen LogP contribution in [0.25, 0.3) is 0 Å². The van der Waals surface area contributed by atoms with Gasteiger partial charge in [0, 0.05) is 27.3 Å². The van der Waals surface area contributed by atoms with E-state index in [1.807, 2.05) is 18.2 Å². The Labute approximate surface area is 129 Å². The van der Waals surface area contributed by atoms with Crippen molar-refractivity contribution in [2.75, 3.05) is 12.9 Å². The Balaban J connectivity index is 2.06. The van der Waals surface area contributed by atoms with Crippen LogP contribution in [-0.2, 0) is 0 Å². The Morgan fingerprint density at radius 1 is 1.20 bits per heavy atom. The monoisotopic (exact) mass is 307 g/mol. The van der Waals surface area contributed by atoms with E-state index in [0.29, 0.717) is 5.02 Å². The maximum atomic E-state index is 6.26. The first-order valence-electron chi connectivity index (χ1n) is 6.38. The Hall–Kier alpha value is -1.16. The first-order chi connectivity index (χ1) is 9.60. The van der Waals surface area contributed by atoms with Gasteiger partial charge in [-0.2, -0.15) is 0 Å². The third-order valence-electron chi connectivity index (χ3n) is 3.04. The molecule has 0 fully saturated rings. The van der Waals surface area contributed by atoms with Crippen LogP contribution in [0.5, 0.6) is 5.75 Å². The molecule has 1 atom stereocenters. The number of hydrogen-bond donors (Lipinski definition) is 1. The predicted octanol–water partition coefficient (Wildman–Crippen LogP) is 4.45. The number of thioether (sulfide) groups is 1. The Bertz CT molecular complexity index is 571. The highest BCUT2D eigenvalue weighted by molar-refractivity contribution is 7.99. The van der Waals surface area contributed by atoms with Crippen molar-refractivity contribution in [3.05, 3.63) is 58.6 Å². The molecule has 0 saturated heterocycles. The van der Waals surface area contributed by atoms with E-state index in [0.717, 1.165) is 17.1 Å². The molecule has 20 heavy (non-hydrogen) atoms. The molecule has 0 bridgehead atoms. The first kappa shape index (κ1) is 15.2. The molecule has 0 saturated carbocycles. The number of methoxy groups -OCH3 is 1. The maximum Gasteiger partial charge on any atom is 0.123 e. The Morgan fingerprint density at radius 2 is 1.90 bits per heavy atom. The van der Waals surface area contributed by atoms with E-state index in [1.165, 1.54) is 10.5 Å². The van der Waals surface area contributed by atoms with E-state index in [-0.39, 0.29) is 6.04 Å². The zero-order chi connectivity index (χ0) is 14.5. The lowest BCUT2D eigenvalue weighted by molar-refractivity contribution is 0.407. The number of benzene rings is 2. The van der Waals surface area contributed by atoms with Gasteiger partial charge in [-0.25, -0.2) is 0 Å². The van der Waals surface area contributed by atoms with E-state index >= 15 is 0 Å². The minimum Gasteiger partial charge on any atom is -0.496 e. The SMILES string of the molecule is COc1ccc(Cl)cc1C(N)CSc1ccc(C)cc1. The molecule has 0 amide bonds. The van der Waals surface area contributed by atoms with Crippen LogP contribution in [0.2, 0.25) is 5.02 Å². The van der Waals surface area contributed by atoms with E-state index in [2.05, 4.69) is 31.2 Å². The molecule has 2 nitrogen and oxygen atoms in total. The van der Waals surface area contributed by atoms with Crippen molar-refractivity contribution in [1.29, 1.82) is 0 Å². The van der Waals surface area contributed by atoms with E-state index in [9.17, 15) is 0 Å². The highest BCUT2D eigenvalue weighted by Crippen LogP contribution is 2.30. The van der Waals surface area contributed by atoms with Crippen LogP contribution in [0.15, 0.2) is 47.4 Å². The van der Waals surface area contributed by atoms with Crippen molar-refractivity contribution in [1.82, 2.24) is 0 Å². The van der Waals surface area contributed by atoms with Crippen LogP contribution >= 0.6 is 23.4 Å². The van der Waals surface area contributed by atoms with Gasteiger partial charge in [-0.3, -0.25) is 0 Å². The molecule has 0 aromatic heterocycles. The molecule has 0 aliphatic carbocycles. The van der Waals surface area contributed by atoms with E-state index in [1.54, 1.807) is 18.9 Å². The summed E-state index contributed by atoms with van der Waals surface area (Å²) in [6.07, 6.45) is 0. The number of halogens is 1. The number of hydrogen-bond acceptors (Lipinski definition) is 3. The second-order valence-corrected chi connectivity index (χ2v) is 6.15. The van der Waals surface area contributed by atoms with Crippen molar-refractivity contribution in [3.63, 3.8) is 0 Å². The topological polar surface area (TPSA) is 35.2 Å². The van der Waals surface area contributed by atoms with Crippen LogP contribution in [-0.4, -0.2) is 12.9 Å². The van der Waals surface area contributed by atoms with Gasteiger partial charge in [0.25, 0.3) is 0 Å². The summed E-state index contributed by atoms with van der Waals surface area (Å²) < 4.78 is 5.34. The summed E-state index contributed by atoms with van der Waals surface area (Å²) in [6, 6.07) is 13.9. The fraction of sp³-hybridized carbons (Fsp3) is 0.250. The number of aryl methyl sites for hydroxylation is 1. The van der Waals surface area contributed by atoms with Crippen molar-refractivity contribution >= 4 is 23.4 Å². The summed E-state index contributed by atoms with van der Waals surface area (Å²) >= 11 is 7.77. The third kappa shape index (κ3) is 3.92. The summed E-state index contributed by atoms with van der Waals surface area (Å²) in [5, 5.41) is 0.677. The predicted molar refractivity (Wildman–Crippen MR) is 86.8 cm³/mol. The Kier molecular flexibility index (Phi) is 5.35. The molecule has 106 valence electrons. The largest absolute Gasteiger partial charge is 0.496 e. The average Bonchev–Trinajstić information content (AvgIpc) is 2.46. The van der Waals surface area contributed by atoms with Crippen molar-refractivity contribution < 1.29 is 4.74 Å². The smallest absolute Gasteiger partial charge is 0.123 e. The molecule has 2 rings (SSSR count). The molecular formula is C16H18ClNOS. The van der Waals surface area contributed by atoms with Gasteiger partial charge in [0.2, 0.25) is 0 Å². The Morgan fingerprint density at radius 3 is 2.55 bits per heavy atom. The lowest BCUT2D eigenvalue weighted by atomic mass is 10.1. The third-order valence-corrected chi connectivity index (χ3v) is 4.41. The molecular weight excluding hydrogens is 290 g/mol. The van der Waals surface area contributed by atoms with Crippen molar-refractivity contribution in [3.8, 4) is 5.75 Å². The van der Waals surface area contributed by atoms with Gasteiger partial charge in [0.05, 0.1) is 7.11 Å². The molecule has 0 radical (unpaired) electrons. The number of ether oxygens (including phenoxy) is 1. The lowest BCUT2D eigenvalue weighted by Gasteiger charge is -2.16. The average molecular weight is 308 g/mol. The van der Waals surface area contributed by atoms with Crippen LogP contribution in [0, 0.1) is 6.92 Å². The normalized spacial score (nSPS) is 12.2. The number of rotatable bonds is 5. The van der Waals surface area contributed by atoms with Gasteiger partial charge in [-0.15, -0.1) is 11.8 Å². The molecule has 0 aliphatic heterocycles. The minimum atomic E-state index is -0.116. The first-order valence-corrected chi connectivity index (χ1v) is 7.75. The lowest BCUT2D eigenvalue weighted by Crippen LogP contribution is -2.14. The van der Waals surface area contributed by atoms with Gasteiger partial charge in [0.15, 0.2) is 0 Å². The quantitative estimate of drug-likeness (QED) is 0.829. The second kappa shape index (κ2) is 7.02. The maximum absolute atomic E-state index is 6.26. The second-order valence-electron chi connectivity index (χ2n) is 4.62. The molecule has 2 aromatic carbocycles. The van der Waals surface area contributed by atoms with Gasteiger partial charge >= 0.3 is 0 Å². The molecule has 2 aromatic rings. The summed E-state index contributed by atoms with van der Waals surface area (Å²) in [6.45, 7) is 2.08. The zero-order valence-corrected chi connectivity index (χ0v) is 13.2. The summed E-state index contributed by atoms with van der Waals surface area (Å²) in [7, 11) is 1.65. The summed E-state index contributed by atoms with van der Waals surface area (Å²) in [4.78, 5) is 1.21. The van der Waals surface area contributed by atoms with E-state index in [4.69, 9.17) is 22.1 Å². The molecule has 0 spiro atoms. The van der Waals surface area contributed by atoms with Gasteiger partial charge in [-0.05, 0) is 37.3 Å².